The molecule has 0 atom stereocenters. The van der Waals surface area contributed by atoms with Crippen LogP contribution in [0.2, 0.25) is 5.02 Å². The predicted octanol–water partition coefficient (Wildman–Crippen LogP) is 2.23. The van der Waals surface area contributed by atoms with Gasteiger partial charge in [-0.15, -0.1) is 0 Å². The van der Waals surface area contributed by atoms with Gasteiger partial charge >= 0.3 is 0 Å². The molecule has 24 heavy (non-hydrogen) atoms. The van der Waals surface area contributed by atoms with Gasteiger partial charge < -0.3 is 9.47 Å². The number of aromatic nitrogens is 2. The van der Waals surface area contributed by atoms with Crippen molar-refractivity contribution >= 4 is 27.3 Å². The molecule has 8 heteroatoms. The van der Waals surface area contributed by atoms with Gasteiger partial charge in [0.2, 0.25) is 15.0 Å². The van der Waals surface area contributed by atoms with E-state index >= 15 is 0 Å². The van der Waals surface area contributed by atoms with Gasteiger partial charge in [0.25, 0.3) is 5.91 Å². The predicted molar refractivity (Wildman–Crippen MR) is 89.9 cm³/mol. The van der Waals surface area contributed by atoms with Gasteiger partial charge in [0.05, 0.1) is 5.75 Å². The first kappa shape index (κ1) is 15.7. The summed E-state index contributed by atoms with van der Waals surface area (Å²) < 4.78 is 26.0. The Kier molecular flexibility index (Phi) is 3.65. The average Bonchev–Trinajstić information content (AvgIpc) is 3.25. The molecule has 2 aromatic rings. The molecule has 0 spiro atoms. The van der Waals surface area contributed by atoms with Crippen molar-refractivity contribution in [2.24, 2.45) is 0 Å². The van der Waals surface area contributed by atoms with Gasteiger partial charge in [-0.3, -0.25) is 4.79 Å². The molecular formula is C16H16ClN3O3S. The summed E-state index contributed by atoms with van der Waals surface area (Å²) in [6.45, 7) is 1.67. The van der Waals surface area contributed by atoms with E-state index in [2.05, 4.69) is 4.98 Å². The first-order valence-corrected chi connectivity index (χ1v) is 9.89. The van der Waals surface area contributed by atoms with E-state index in [4.69, 9.17) is 11.6 Å². The van der Waals surface area contributed by atoms with Gasteiger partial charge in [-0.05, 0) is 25.0 Å². The van der Waals surface area contributed by atoms with Crippen LogP contribution in [-0.4, -0.2) is 47.6 Å². The summed E-state index contributed by atoms with van der Waals surface area (Å²) in [4.78, 5) is 19.1. The van der Waals surface area contributed by atoms with Gasteiger partial charge in [-0.2, -0.15) is 0 Å². The minimum atomic E-state index is -3.43. The number of likely N-dealkylation sites (tertiary alicyclic amines) is 1. The number of rotatable bonds is 2. The van der Waals surface area contributed by atoms with Crippen molar-refractivity contribution in [3.8, 4) is 11.3 Å². The lowest BCUT2D eigenvalue weighted by molar-refractivity contribution is 0.0782. The zero-order valence-electron chi connectivity index (χ0n) is 12.9. The Labute approximate surface area is 145 Å². The highest BCUT2D eigenvalue weighted by atomic mass is 35.5. The van der Waals surface area contributed by atoms with Crippen LogP contribution in [0.25, 0.3) is 11.3 Å². The first-order valence-electron chi connectivity index (χ1n) is 7.86. The molecule has 2 aliphatic heterocycles. The molecule has 3 heterocycles. The molecule has 126 valence electrons. The van der Waals surface area contributed by atoms with Crippen LogP contribution in [0.3, 0.4) is 0 Å². The number of benzene rings is 1. The van der Waals surface area contributed by atoms with E-state index < -0.39 is 9.84 Å². The van der Waals surface area contributed by atoms with Crippen molar-refractivity contribution in [1.29, 1.82) is 0 Å². The molecule has 0 unspecified atom stereocenters. The highest BCUT2D eigenvalue weighted by Gasteiger charge is 2.37. The Morgan fingerprint density at radius 2 is 1.75 bits per heavy atom. The fourth-order valence-corrected chi connectivity index (χ4v) is 4.76. The number of nitrogens with zero attached hydrogens (tertiary/aromatic N) is 3. The summed E-state index contributed by atoms with van der Waals surface area (Å²) >= 11 is 5.93. The molecule has 1 aromatic heterocycles. The number of imidazole rings is 1. The number of hydrogen-bond donors (Lipinski definition) is 0. The number of carbonyl (C=O) groups is 1. The topological polar surface area (TPSA) is 72.3 Å². The van der Waals surface area contributed by atoms with Crippen LogP contribution in [0, 0.1) is 0 Å². The van der Waals surface area contributed by atoms with Gasteiger partial charge in [0.1, 0.15) is 11.4 Å². The molecule has 4 rings (SSSR count). The molecule has 1 amide bonds. The molecule has 1 fully saturated rings. The van der Waals surface area contributed by atoms with E-state index in [0.717, 1.165) is 12.8 Å². The van der Waals surface area contributed by atoms with E-state index in [1.165, 1.54) is 0 Å². The Hall–Kier alpha value is -1.86. The van der Waals surface area contributed by atoms with Crippen LogP contribution in [0.15, 0.2) is 29.4 Å². The quantitative estimate of drug-likeness (QED) is 0.818. The average molecular weight is 366 g/mol. The number of amides is 1. The fraction of sp³-hybridized carbons (Fsp3) is 0.375. The summed E-state index contributed by atoms with van der Waals surface area (Å²) in [5.74, 6) is -0.149. The Morgan fingerprint density at radius 1 is 1.08 bits per heavy atom. The second-order valence-corrected chi connectivity index (χ2v) is 8.51. The standard InChI is InChI=1S/C16H16ClN3O3S/c17-12-5-3-11(4-6-12)13-14(15(21)19-7-1-2-8-19)20-9-10-24(22,23)16(20)18-13/h3-6H,1-2,7-10H2. The molecule has 0 saturated carbocycles. The van der Waals surface area contributed by atoms with Crippen LogP contribution in [0.5, 0.6) is 0 Å². The fourth-order valence-electron chi connectivity index (χ4n) is 3.28. The van der Waals surface area contributed by atoms with E-state index in [0.29, 0.717) is 35.1 Å². The number of halogens is 1. The molecule has 2 aliphatic rings. The minimum Gasteiger partial charge on any atom is -0.337 e. The lowest BCUT2D eigenvalue weighted by Gasteiger charge is -2.17. The summed E-state index contributed by atoms with van der Waals surface area (Å²) in [6, 6.07) is 6.93. The molecule has 0 bridgehead atoms. The van der Waals surface area contributed by atoms with Gasteiger partial charge in [0.15, 0.2) is 0 Å². The maximum Gasteiger partial charge on any atom is 0.272 e. The SMILES string of the molecule is O=C(c1c(-c2ccc(Cl)cc2)nc2n1CCS2(=O)=O)N1CCCC1. The zero-order chi connectivity index (χ0) is 16.9. The minimum absolute atomic E-state index is 0.00346. The van der Waals surface area contributed by atoms with Crippen molar-refractivity contribution in [2.45, 2.75) is 24.5 Å². The third-order valence-electron chi connectivity index (χ3n) is 4.51. The highest BCUT2D eigenvalue weighted by molar-refractivity contribution is 7.91. The zero-order valence-corrected chi connectivity index (χ0v) is 14.5. The van der Waals surface area contributed by atoms with Crippen molar-refractivity contribution in [3.63, 3.8) is 0 Å². The molecule has 1 saturated heterocycles. The van der Waals surface area contributed by atoms with Gasteiger partial charge in [-0.1, -0.05) is 23.7 Å². The second-order valence-electron chi connectivity index (χ2n) is 6.07. The van der Waals surface area contributed by atoms with Crippen LogP contribution >= 0.6 is 11.6 Å². The normalized spacial score (nSPS) is 18.8. The van der Waals surface area contributed by atoms with E-state index in [1.54, 1.807) is 33.7 Å². The largest absolute Gasteiger partial charge is 0.337 e. The van der Waals surface area contributed by atoms with Crippen LogP contribution in [0.1, 0.15) is 23.3 Å². The van der Waals surface area contributed by atoms with Crippen molar-refractivity contribution in [2.75, 3.05) is 18.8 Å². The third kappa shape index (κ3) is 2.43. The van der Waals surface area contributed by atoms with Crippen LogP contribution < -0.4 is 0 Å². The number of carbonyl (C=O) groups excluding carboxylic acids is 1. The van der Waals surface area contributed by atoms with Crippen molar-refractivity contribution in [1.82, 2.24) is 14.5 Å². The highest BCUT2D eigenvalue weighted by Crippen LogP contribution is 2.32. The first-order chi connectivity index (χ1) is 11.5. The van der Waals surface area contributed by atoms with Crippen molar-refractivity contribution in [3.05, 3.63) is 35.0 Å². The Balaban J connectivity index is 1.89. The molecule has 1 aromatic carbocycles. The van der Waals surface area contributed by atoms with E-state index in [-0.39, 0.29) is 23.4 Å². The summed E-state index contributed by atoms with van der Waals surface area (Å²) in [6.07, 6.45) is 1.95. The smallest absolute Gasteiger partial charge is 0.272 e. The van der Waals surface area contributed by atoms with E-state index in [1.807, 2.05) is 0 Å². The summed E-state index contributed by atoms with van der Waals surface area (Å²) in [7, 11) is -3.43. The number of sulfone groups is 1. The maximum absolute atomic E-state index is 13.0. The lowest BCUT2D eigenvalue weighted by Crippen LogP contribution is -2.30. The lowest BCUT2D eigenvalue weighted by atomic mass is 10.1. The molecule has 0 N–H and O–H groups in total. The Morgan fingerprint density at radius 3 is 2.42 bits per heavy atom. The van der Waals surface area contributed by atoms with Crippen LogP contribution in [-0.2, 0) is 16.4 Å². The molecular weight excluding hydrogens is 350 g/mol. The number of fused-ring (bicyclic) bond motifs is 1. The van der Waals surface area contributed by atoms with Crippen molar-refractivity contribution < 1.29 is 13.2 Å². The van der Waals surface area contributed by atoms with E-state index in [9.17, 15) is 13.2 Å². The Bertz CT molecular complexity index is 913. The maximum atomic E-state index is 13.0. The van der Waals surface area contributed by atoms with Gasteiger partial charge in [0, 0.05) is 30.2 Å². The summed E-state index contributed by atoms with van der Waals surface area (Å²) in [5, 5.41) is 0.570. The van der Waals surface area contributed by atoms with Gasteiger partial charge in [-0.25, -0.2) is 13.4 Å². The summed E-state index contributed by atoms with van der Waals surface area (Å²) in [5.41, 5.74) is 1.48. The van der Waals surface area contributed by atoms with Crippen LogP contribution in [0.4, 0.5) is 0 Å². The molecule has 0 radical (unpaired) electrons. The molecule has 0 aliphatic carbocycles. The monoisotopic (exact) mass is 365 g/mol. The molecule has 6 nitrogen and oxygen atoms in total. The second kappa shape index (κ2) is 5.60. The number of hydrogen-bond acceptors (Lipinski definition) is 4. The third-order valence-corrected chi connectivity index (χ3v) is 6.35.